The molecule has 3 rings (SSSR count). The highest BCUT2D eigenvalue weighted by Crippen LogP contribution is 2.37. The Hall–Kier alpha value is -2.25. The van der Waals surface area contributed by atoms with Crippen molar-refractivity contribution in [3.63, 3.8) is 0 Å². The van der Waals surface area contributed by atoms with Gasteiger partial charge in [0.1, 0.15) is 17.3 Å². The molecule has 1 fully saturated rings. The topological polar surface area (TPSA) is 71.3 Å². The average molecular weight is 379 g/mol. The van der Waals surface area contributed by atoms with Crippen molar-refractivity contribution in [2.75, 3.05) is 25.5 Å². The number of aromatic nitrogens is 1. The monoisotopic (exact) mass is 378 g/mol. The zero-order valence-corrected chi connectivity index (χ0v) is 15.3. The Balaban J connectivity index is 1.73. The first-order valence-corrected chi connectivity index (χ1v) is 8.75. The average Bonchev–Trinajstić information content (AvgIpc) is 2.96. The van der Waals surface area contributed by atoms with Gasteiger partial charge in [-0.3, -0.25) is 15.0 Å². The van der Waals surface area contributed by atoms with Gasteiger partial charge < -0.3 is 5.32 Å². The summed E-state index contributed by atoms with van der Waals surface area (Å²) < 4.78 is 13.9. The van der Waals surface area contributed by atoms with Gasteiger partial charge in [0.15, 0.2) is 0 Å². The molecule has 138 valence electrons. The fraction of sp³-hybridized carbons (Fsp3) is 0.389. The summed E-state index contributed by atoms with van der Waals surface area (Å²) in [5, 5.41) is 14.3. The number of pyridine rings is 1. The number of nitrogens with one attached hydrogen (secondary N) is 1. The zero-order chi connectivity index (χ0) is 18.8. The van der Waals surface area contributed by atoms with Crippen LogP contribution in [0, 0.1) is 28.8 Å². The van der Waals surface area contributed by atoms with E-state index in [1.807, 2.05) is 13.1 Å². The zero-order valence-electron chi connectivity index (χ0n) is 14.6. The van der Waals surface area contributed by atoms with Gasteiger partial charge in [0.25, 0.3) is 5.69 Å². The molecule has 0 saturated carbocycles. The molecule has 0 amide bonds. The molecule has 2 aromatic rings. The second kappa shape index (κ2) is 7.55. The molecule has 0 aliphatic carbocycles. The molecule has 0 bridgehead atoms. The second-order valence-electron chi connectivity index (χ2n) is 6.59. The van der Waals surface area contributed by atoms with Crippen molar-refractivity contribution < 1.29 is 9.31 Å². The van der Waals surface area contributed by atoms with E-state index in [1.54, 1.807) is 19.1 Å². The lowest BCUT2D eigenvalue weighted by atomic mass is 9.93. The summed E-state index contributed by atoms with van der Waals surface area (Å²) in [6.45, 7) is 3.17. The number of likely N-dealkylation sites (tertiary alicyclic amines) is 1. The van der Waals surface area contributed by atoms with Gasteiger partial charge in [-0.25, -0.2) is 9.37 Å². The van der Waals surface area contributed by atoms with E-state index in [4.69, 9.17) is 11.6 Å². The van der Waals surface area contributed by atoms with Crippen LogP contribution in [-0.4, -0.2) is 34.9 Å². The fourth-order valence-corrected chi connectivity index (χ4v) is 3.66. The lowest BCUT2D eigenvalue weighted by Gasteiger charge is -2.26. The molecule has 1 aliphatic rings. The van der Waals surface area contributed by atoms with Gasteiger partial charge in [-0.05, 0) is 56.6 Å². The van der Waals surface area contributed by atoms with E-state index in [1.165, 1.54) is 12.1 Å². The molecule has 2 unspecified atom stereocenters. The summed E-state index contributed by atoms with van der Waals surface area (Å²) in [6.07, 6.45) is 0.963. The van der Waals surface area contributed by atoms with E-state index in [0.717, 1.165) is 18.5 Å². The molecule has 1 aliphatic heterocycles. The number of hydrogen-bond donors (Lipinski definition) is 1. The van der Waals surface area contributed by atoms with Crippen LogP contribution in [0.25, 0.3) is 0 Å². The van der Waals surface area contributed by atoms with Gasteiger partial charge >= 0.3 is 0 Å². The second-order valence-corrected chi connectivity index (χ2v) is 6.99. The van der Waals surface area contributed by atoms with Crippen molar-refractivity contribution >= 4 is 23.1 Å². The molecule has 26 heavy (non-hydrogen) atoms. The molecular weight excluding hydrogens is 359 g/mol. The first-order valence-electron chi connectivity index (χ1n) is 8.38. The Morgan fingerprint density at radius 1 is 1.42 bits per heavy atom. The van der Waals surface area contributed by atoms with Crippen molar-refractivity contribution in [3.05, 3.63) is 62.5 Å². The van der Waals surface area contributed by atoms with Crippen LogP contribution in [0.15, 0.2) is 30.3 Å². The van der Waals surface area contributed by atoms with Gasteiger partial charge in [0, 0.05) is 18.7 Å². The number of aryl methyl sites for hydroxylation is 1. The summed E-state index contributed by atoms with van der Waals surface area (Å²) in [4.78, 5) is 16.9. The van der Waals surface area contributed by atoms with Gasteiger partial charge in [-0.2, -0.15) is 0 Å². The Morgan fingerprint density at radius 2 is 2.19 bits per heavy atom. The summed E-state index contributed by atoms with van der Waals surface area (Å²) in [5.74, 6) is 0.449. The number of benzene rings is 1. The van der Waals surface area contributed by atoms with Crippen LogP contribution in [-0.2, 0) is 0 Å². The van der Waals surface area contributed by atoms with E-state index in [0.29, 0.717) is 18.1 Å². The quantitative estimate of drug-likeness (QED) is 0.623. The smallest absolute Gasteiger partial charge is 0.290 e. The number of nitro groups is 1. The van der Waals surface area contributed by atoms with Crippen LogP contribution in [0.4, 0.5) is 15.9 Å². The molecule has 1 aromatic heterocycles. The van der Waals surface area contributed by atoms with E-state index in [2.05, 4.69) is 15.2 Å². The minimum absolute atomic E-state index is 0.00525. The minimum Gasteiger partial charge on any atom is -0.370 e. The number of nitrogens with zero attached hydrogens (tertiary/aromatic N) is 3. The first-order chi connectivity index (χ1) is 12.4. The molecule has 2 atom stereocenters. The molecule has 0 spiro atoms. The van der Waals surface area contributed by atoms with Gasteiger partial charge in [0.05, 0.1) is 9.95 Å². The summed E-state index contributed by atoms with van der Waals surface area (Å²) >= 11 is 5.79. The van der Waals surface area contributed by atoms with E-state index in [9.17, 15) is 14.5 Å². The Labute approximate surface area is 156 Å². The first kappa shape index (κ1) is 18.5. The summed E-state index contributed by atoms with van der Waals surface area (Å²) in [6, 6.07) is 8.09. The Morgan fingerprint density at radius 3 is 2.85 bits per heavy atom. The molecule has 1 aromatic carbocycles. The lowest BCUT2D eigenvalue weighted by Crippen LogP contribution is -2.25. The largest absolute Gasteiger partial charge is 0.370 e. The highest BCUT2D eigenvalue weighted by Gasteiger charge is 2.33. The maximum absolute atomic E-state index is 13.9. The minimum atomic E-state index is -0.441. The molecular formula is C18H20ClFN4O2. The van der Waals surface area contributed by atoms with Crippen LogP contribution >= 0.6 is 11.6 Å². The van der Waals surface area contributed by atoms with Crippen molar-refractivity contribution in [3.8, 4) is 0 Å². The fourth-order valence-electron chi connectivity index (χ4n) is 3.54. The van der Waals surface area contributed by atoms with Crippen LogP contribution in [0.5, 0.6) is 0 Å². The van der Waals surface area contributed by atoms with E-state index >= 15 is 0 Å². The Kier molecular flexibility index (Phi) is 5.38. The SMILES string of the molecule is Cc1nc(NCC2CCN(C)C2c2ccc(Cl)c(F)c2)ccc1[N+](=O)[O-]. The number of halogens is 2. The highest BCUT2D eigenvalue weighted by atomic mass is 35.5. The van der Waals surface area contributed by atoms with Crippen LogP contribution in [0.3, 0.4) is 0 Å². The highest BCUT2D eigenvalue weighted by molar-refractivity contribution is 6.30. The van der Waals surface area contributed by atoms with Crippen molar-refractivity contribution in [2.45, 2.75) is 19.4 Å². The third-order valence-corrected chi connectivity index (χ3v) is 5.17. The Bertz CT molecular complexity index is 833. The van der Waals surface area contributed by atoms with Crippen molar-refractivity contribution in [1.82, 2.24) is 9.88 Å². The molecule has 0 radical (unpaired) electrons. The van der Waals surface area contributed by atoms with Gasteiger partial charge in [0.2, 0.25) is 0 Å². The molecule has 1 saturated heterocycles. The third-order valence-electron chi connectivity index (χ3n) is 4.86. The van der Waals surface area contributed by atoms with Gasteiger partial charge in [-0.15, -0.1) is 0 Å². The maximum atomic E-state index is 13.9. The predicted molar refractivity (Wildman–Crippen MR) is 99.0 cm³/mol. The van der Waals surface area contributed by atoms with Crippen LogP contribution in [0.2, 0.25) is 5.02 Å². The number of anilines is 1. The van der Waals surface area contributed by atoms with Gasteiger partial charge in [-0.1, -0.05) is 17.7 Å². The van der Waals surface area contributed by atoms with E-state index in [-0.39, 0.29) is 22.7 Å². The maximum Gasteiger partial charge on any atom is 0.290 e. The number of rotatable bonds is 5. The standard InChI is InChI=1S/C18H20ClFN4O2/c1-11-16(24(25)26)5-6-17(22-11)21-10-13-7-8-23(2)18(13)12-3-4-14(19)15(20)9-12/h3-6,9,13,18H,7-8,10H2,1-2H3,(H,21,22). The lowest BCUT2D eigenvalue weighted by molar-refractivity contribution is -0.385. The van der Waals surface area contributed by atoms with Crippen molar-refractivity contribution in [2.24, 2.45) is 5.92 Å². The predicted octanol–water partition coefficient (Wildman–Crippen LogP) is 4.20. The molecule has 2 heterocycles. The molecule has 6 nitrogen and oxygen atoms in total. The normalized spacial score (nSPS) is 20.3. The molecule has 8 heteroatoms. The third kappa shape index (κ3) is 3.78. The summed E-state index contributed by atoms with van der Waals surface area (Å²) in [7, 11) is 2.02. The van der Waals surface area contributed by atoms with Crippen LogP contribution in [0.1, 0.15) is 23.7 Å². The molecule has 1 N–H and O–H groups in total. The number of hydrogen-bond acceptors (Lipinski definition) is 5. The van der Waals surface area contributed by atoms with E-state index < -0.39 is 10.7 Å². The van der Waals surface area contributed by atoms with Crippen molar-refractivity contribution in [1.29, 1.82) is 0 Å². The summed E-state index contributed by atoms with van der Waals surface area (Å²) in [5.41, 5.74) is 1.28. The van der Waals surface area contributed by atoms with Crippen LogP contribution < -0.4 is 5.32 Å².